The lowest BCUT2D eigenvalue weighted by atomic mass is 9.87. The highest BCUT2D eigenvalue weighted by atomic mass is 16.5. The maximum atomic E-state index is 12.3. The Bertz CT molecular complexity index is 325. The lowest BCUT2D eigenvalue weighted by molar-refractivity contribution is -0.143. The third-order valence-electron chi connectivity index (χ3n) is 4.31. The molecule has 0 saturated heterocycles. The second kappa shape index (κ2) is 8.25. The number of hydrogen-bond acceptors (Lipinski definition) is 4. The van der Waals surface area contributed by atoms with Gasteiger partial charge in [-0.05, 0) is 38.1 Å². The lowest BCUT2D eigenvalue weighted by Crippen LogP contribution is -2.45. The maximum Gasteiger partial charge on any atom is 0.319 e. The van der Waals surface area contributed by atoms with Crippen LogP contribution in [0.5, 0.6) is 0 Å². The lowest BCUT2D eigenvalue weighted by Gasteiger charge is -2.34. The maximum absolute atomic E-state index is 12.3. The molecule has 0 aliphatic heterocycles. The number of amides is 1. The van der Waals surface area contributed by atoms with E-state index < -0.39 is 0 Å². The van der Waals surface area contributed by atoms with Gasteiger partial charge in [-0.3, -0.25) is 14.5 Å². The Kier molecular flexibility index (Phi) is 6.99. The van der Waals surface area contributed by atoms with E-state index in [4.69, 9.17) is 0 Å². The minimum atomic E-state index is -0.297. The van der Waals surface area contributed by atoms with Crippen LogP contribution >= 0.6 is 0 Å². The Hall–Kier alpha value is -1.10. The average molecular weight is 284 g/mol. The molecule has 1 aliphatic carbocycles. The Morgan fingerprint density at radius 3 is 2.25 bits per heavy atom. The molecule has 0 unspecified atom stereocenters. The summed E-state index contributed by atoms with van der Waals surface area (Å²) in [4.78, 5) is 27.3. The Morgan fingerprint density at radius 1 is 1.15 bits per heavy atom. The number of esters is 1. The summed E-state index contributed by atoms with van der Waals surface area (Å²) >= 11 is 0. The first-order chi connectivity index (χ1) is 9.47. The molecule has 0 aromatic rings. The fourth-order valence-electron chi connectivity index (χ4n) is 2.66. The number of methoxy groups -OCH3 is 1. The van der Waals surface area contributed by atoms with Crippen LogP contribution in [0, 0.1) is 5.92 Å². The van der Waals surface area contributed by atoms with E-state index in [0.717, 1.165) is 18.8 Å². The van der Waals surface area contributed by atoms with Crippen molar-refractivity contribution in [2.75, 3.05) is 33.8 Å². The van der Waals surface area contributed by atoms with Crippen molar-refractivity contribution >= 4 is 11.9 Å². The number of rotatable bonds is 6. The van der Waals surface area contributed by atoms with Gasteiger partial charge in [0.1, 0.15) is 0 Å². The minimum Gasteiger partial charge on any atom is -0.468 e. The monoisotopic (exact) mass is 284 g/mol. The van der Waals surface area contributed by atoms with Crippen molar-refractivity contribution in [2.45, 2.75) is 45.6 Å². The molecule has 0 aromatic carbocycles. The van der Waals surface area contributed by atoms with Gasteiger partial charge in [0.05, 0.1) is 20.2 Å². The predicted molar refractivity (Wildman–Crippen MR) is 78.3 cm³/mol. The zero-order chi connectivity index (χ0) is 15.1. The first-order valence-corrected chi connectivity index (χ1v) is 7.52. The quantitative estimate of drug-likeness (QED) is 0.694. The van der Waals surface area contributed by atoms with E-state index in [2.05, 4.69) is 11.7 Å². The van der Waals surface area contributed by atoms with Crippen molar-refractivity contribution < 1.29 is 14.3 Å². The van der Waals surface area contributed by atoms with Gasteiger partial charge < -0.3 is 9.64 Å². The van der Waals surface area contributed by atoms with E-state index in [1.807, 2.05) is 23.8 Å². The third-order valence-corrected chi connectivity index (χ3v) is 4.31. The van der Waals surface area contributed by atoms with E-state index in [1.54, 1.807) is 0 Å². The van der Waals surface area contributed by atoms with Gasteiger partial charge >= 0.3 is 5.97 Å². The van der Waals surface area contributed by atoms with Crippen LogP contribution in [-0.2, 0) is 14.3 Å². The van der Waals surface area contributed by atoms with Crippen LogP contribution < -0.4 is 0 Å². The predicted octanol–water partition coefficient (Wildman–Crippen LogP) is 1.52. The molecule has 0 aromatic heterocycles. The van der Waals surface area contributed by atoms with Crippen molar-refractivity contribution in [1.82, 2.24) is 9.80 Å². The van der Waals surface area contributed by atoms with Gasteiger partial charge in [0.25, 0.3) is 0 Å². The summed E-state index contributed by atoms with van der Waals surface area (Å²) in [6.07, 6.45) is 4.57. The SMILES string of the molecule is CCN(CC(=O)OC)CC(=O)N(C)C1CCC(C)CC1. The van der Waals surface area contributed by atoms with Gasteiger partial charge in [-0.15, -0.1) is 0 Å². The number of carbonyl (C=O) groups excluding carboxylic acids is 2. The van der Waals surface area contributed by atoms with E-state index in [9.17, 15) is 9.59 Å². The summed E-state index contributed by atoms with van der Waals surface area (Å²) < 4.78 is 4.65. The Morgan fingerprint density at radius 2 is 1.75 bits per heavy atom. The van der Waals surface area contributed by atoms with Crippen LogP contribution in [0.3, 0.4) is 0 Å². The first-order valence-electron chi connectivity index (χ1n) is 7.52. The molecule has 116 valence electrons. The summed E-state index contributed by atoms with van der Waals surface area (Å²) in [5.74, 6) is 0.574. The molecule has 0 atom stereocenters. The molecule has 5 nitrogen and oxygen atoms in total. The fourth-order valence-corrected chi connectivity index (χ4v) is 2.66. The first kappa shape index (κ1) is 17.0. The number of likely N-dealkylation sites (N-methyl/N-ethyl adjacent to an activating group) is 2. The fraction of sp³-hybridized carbons (Fsp3) is 0.867. The Balaban J connectivity index is 2.45. The van der Waals surface area contributed by atoms with Crippen molar-refractivity contribution in [2.24, 2.45) is 5.92 Å². The van der Waals surface area contributed by atoms with Crippen molar-refractivity contribution in [3.05, 3.63) is 0 Å². The largest absolute Gasteiger partial charge is 0.468 e. The van der Waals surface area contributed by atoms with Crippen LogP contribution in [0.2, 0.25) is 0 Å². The van der Waals surface area contributed by atoms with Gasteiger partial charge in [-0.1, -0.05) is 13.8 Å². The summed E-state index contributed by atoms with van der Waals surface area (Å²) in [5.41, 5.74) is 0. The summed E-state index contributed by atoms with van der Waals surface area (Å²) in [7, 11) is 3.25. The van der Waals surface area contributed by atoms with Gasteiger partial charge in [0.15, 0.2) is 0 Å². The molecule has 0 radical (unpaired) electrons. The molecule has 0 spiro atoms. The van der Waals surface area contributed by atoms with Gasteiger partial charge in [-0.25, -0.2) is 0 Å². The molecular formula is C15H28N2O3. The number of hydrogen-bond donors (Lipinski definition) is 0. The minimum absolute atomic E-state index is 0.0929. The van der Waals surface area contributed by atoms with Crippen LogP contribution in [0.4, 0.5) is 0 Å². The zero-order valence-electron chi connectivity index (χ0n) is 13.2. The molecule has 1 amide bonds. The van der Waals surface area contributed by atoms with Crippen molar-refractivity contribution in [3.63, 3.8) is 0 Å². The van der Waals surface area contributed by atoms with E-state index >= 15 is 0 Å². The zero-order valence-corrected chi connectivity index (χ0v) is 13.2. The molecule has 0 bridgehead atoms. The standard InChI is InChI=1S/C15H28N2O3/c1-5-17(11-15(19)20-4)10-14(18)16(3)13-8-6-12(2)7-9-13/h12-13H,5-11H2,1-4H3. The average Bonchev–Trinajstić information content (AvgIpc) is 2.46. The molecule has 0 heterocycles. The topological polar surface area (TPSA) is 49.9 Å². The summed E-state index contributed by atoms with van der Waals surface area (Å²) in [6.45, 7) is 5.34. The Labute approximate surface area is 122 Å². The number of nitrogens with zero attached hydrogens (tertiary/aromatic N) is 2. The van der Waals surface area contributed by atoms with E-state index in [1.165, 1.54) is 20.0 Å². The second-order valence-corrected chi connectivity index (χ2v) is 5.80. The highest BCUT2D eigenvalue weighted by Crippen LogP contribution is 2.26. The number of carbonyl (C=O) groups is 2. The molecule has 1 fully saturated rings. The van der Waals surface area contributed by atoms with Gasteiger partial charge in [0.2, 0.25) is 5.91 Å². The van der Waals surface area contributed by atoms with Crippen LogP contribution in [-0.4, -0.2) is 61.5 Å². The smallest absolute Gasteiger partial charge is 0.319 e. The molecule has 1 saturated carbocycles. The molecule has 0 N–H and O–H groups in total. The normalized spacial score (nSPS) is 22.6. The van der Waals surface area contributed by atoms with Crippen LogP contribution in [0.15, 0.2) is 0 Å². The second-order valence-electron chi connectivity index (χ2n) is 5.80. The molecule has 1 rings (SSSR count). The van der Waals surface area contributed by atoms with Gasteiger partial charge in [-0.2, -0.15) is 0 Å². The van der Waals surface area contributed by atoms with Crippen molar-refractivity contribution in [3.8, 4) is 0 Å². The highest BCUT2D eigenvalue weighted by molar-refractivity contribution is 5.79. The van der Waals surface area contributed by atoms with Crippen LogP contribution in [0.1, 0.15) is 39.5 Å². The summed E-state index contributed by atoms with van der Waals surface area (Å²) in [6, 6.07) is 0.357. The third kappa shape index (κ3) is 5.12. The van der Waals surface area contributed by atoms with Gasteiger partial charge in [0, 0.05) is 13.1 Å². The van der Waals surface area contributed by atoms with Crippen molar-refractivity contribution in [1.29, 1.82) is 0 Å². The molecule has 5 heteroatoms. The van der Waals surface area contributed by atoms with E-state index in [-0.39, 0.29) is 25.0 Å². The molecule has 20 heavy (non-hydrogen) atoms. The van der Waals surface area contributed by atoms with Crippen LogP contribution in [0.25, 0.3) is 0 Å². The molecule has 1 aliphatic rings. The summed E-state index contributed by atoms with van der Waals surface area (Å²) in [5, 5.41) is 0. The van der Waals surface area contributed by atoms with E-state index in [0.29, 0.717) is 12.6 Å². The molecular weight excluding hydrogens is 256 g/mol. The highest BCUT2D eigenvalue weighted by Gasteiger charge is 2.25. The number of ether oxygens (including phenoxy) is 1.